The summed E-state index contributed by atoms with van der Waals surface area (Å²) in [6.45, 7) is 2.38. The zero-order valence-corrected chi connectivity index (χ0v) is 8.99. The van der Waals surface area contributed by atoms with Gasteiger partial charge >= 0.3 is 5.97 Å². The van der Waals surface area contributed by atoms with Gasteiger partial charge in [-0.15, -0.1) is 11.8 Å². The van der Waals surface area contributed by atoms with Crippen LogP contribution in [-0.4, -0.2) is 39.3 Å². The van der Waals surface area contributed by atoms with E-state index >= 15 is 0 Å². The van der Waals surface area contributed by atoms with Crippen LogP contribution in [0.25, 0.3) is 0 Å². The number of β-lactam (4-membered cyclic amide) rings is 1. The lowest BCUT2D eigenvalue weighted by atomic mass is 10.1. The maximum absolute atomic E-state index is 11.2. The van der Waals surface area contributed by atoms with Gasteiger partial charge in [-0.25, -0.2) is 4.79 Å². The standard InChI is InChI=1S/C9H11NO4S/c1-2-14-8-3-5(9(12)13)10-6(11)4-7(10)15-8/h3,7-8H,2,4H2,1H3,(H,12,13)/t7-,8?/m1/s1. The minimum atomic E-state index is -1.07. The quantitative estimate of drug-likeness (QED) is 0.719. The molecule has 0 aliphatic carbocycles. The van der Waals surface area contributed by atoms with Crippen molar-refractivity contribution in [3.8, 4) is 0 Å². The van der Waals surface area contributed by atoms with Crippen LogP contribution in [0, 0.1) is 0 Å². The Bertz CT molecular complexity index is 341. The molecule has 2 aliphatic heterocycles. The lowest BCUT2D eigenvalue weighted by Crippen LogP contribution is -2.54. The molecular weight excluding hydrogens is 218 g/mol. The van der Waals surface area contributed by atoms with E-state index in [2.05, 4.69) is 0 Å². The van der Waals surface area contributed by atoms with E-state index in [1.165, 1.54) is 22.7 Å². The first kappa shape index (κ1) is 10.5. The molecule has 2 rings (SSSR count). The second kappa shape index (κ2) is 3.86. The largest absolute Gasteiger partial charge is 0.477 e. The number of aliphatic carboxylic acids is 1. The molecule has 2 heterocycles. The van der Waals surface area contributed by atoms with Crippen molar-refractivity contribution in [2.45, 2.75) is 24.2 Å². The summed E-state index contributed by atoms with van der Waals surface area (Å²) in [4.78, 5) is 23.4. The molecule has 0 bridgehead atoms. The van der Waals surface area contributed by atoms with E-state index in [0.29, 0.717) is 13.0 Å². The van der Waals surface area contributed by atoms with Gasteiger partial charge in [0.25, 0.3) is 0 Å². The fraction of sp³-hybridized carbons (Fsp3) is 0.556. The first-order chi connectivity index (χ1) is 7.13. The maximum atomic E-state index is 11.2. The van der Waals surface area contributed by atoms with Gasteiger partial charge in [-0.2, -0.15) is 0 Å². The van der Waals surface area contributed by atoms with Crippen molar-refractivity contribution >= 4 is 23.6 Å². The molecule has 0 radical (unpaired) electrons. The molecule has 1 N–H and O–H groups in total. The van der Waals surface area contributed by atoms with Crippen LogP contribution in [0.15, 0.2) is 11.8 Å². The van der Waals surface area contributed by atoms with Crippen molar-refractivity contribution in [3.63, 3.8) is 0 Å². The Morgan fingerprint density at radius 2 is 2.53 bits per heavy atom. The third kappa shape index (κ3) is 1.74. The molecule has 1 amide bonds. The molecule has 1 saturated heterocycles. The van der Waals surface area contributed by atoms with Crippen molar-refractivity contribution in [3.05, 3.63) is 11.8 Å². The van der Waals surface area contributed by atoms with Crippen LogP contribution in [-0.2, 0) is 14.3 Å². The SMILES string of the molecule is CCOC1C=C(C(=O)O)N2C(=O)C[C@H]2S1. The van der Waals surface area contributed by atoms with Crippen LogP contribution >= 0.6 is 11.8 Å². The van der Waals surface area contributed by atoms with Crippen molar-refractivity contribution in [2.75, 3.05) is 6.61 Å². The number of carboxylic acids is 1. The van der Waals surface area contributed by atoms with Gasteiger partial charge in [0.05, 0.1) is 11.8 Å². The Balaban J connectivity index is 2.21. The zero-order valence-electron chi connectivity index (χ0n) is 8.17. The van der Waals surface area contributed by atoms with Gasteiger partial charge in [0.2, 0.25) is 5.91 Å². The number of rotatable bonds is 3. The number of amides is 1. The molecule has 0 spiro atoms. The summed E-state index contributed by atoms with van der Waals surface area (Å²) in [5.74, 6) is -1.20. The highest BCUT2D eigenvalue weighted by atomic mass is 32.2. The Morgan fingerprint density at radius 3 is 3.07 bits per heavy atom. The van der Waals surface area contributed by atoms with E-state index in [9.17, 15) is 9.59 Å². The Morgan fingerprint density at radius 1 is 1.80 bits per heavy atom. The molecule has 1 fully saturated rings. The Kier molecular flexibility index (Phi) is 2.70. The number of carbonyl (C=O) groups is 2. The monoisotopic (exact) mass is 229 g/mol. The minimum Gasteiger partial charge on any atom is -0.477 e. The number of hydrogen-bond donors (Lipinski definition) is 1. The predicted octanol–water partition coefficient (Wildman–Crippen LogP) is 0.623. The lowest BCUT2D eigenvalue weighted by molar-refractivity contribution is -0.146. The summed E-state index contributed by atoms with van der Waals surface area (Å²) in [5.41, 5.74) is -0.205. The number of carbonyl (C=O) groups excluding carboxylic acids is 1. The van der Waals surface area contributed by atoms with Crippen molar-refractivity contribution in [1.82, 2.24) is 4.90 Å². The van der Waals surface area contributed by atoms with Gasteiger partial charge in [0.1, 0.15) is 11.1 Å². The fourth-order valence-electron chi connectivity index (χ4n) is 1.61. The molecule has 0 saturated carbocycles. The topological polar surface area (TPSA) is 66.8 Å². The molecule has 1 unspecified atom stereocenters. The summed E-state index contributed by atoms with van der Waals surface area (Å²) in [6, 6.07) is 0. The predicted molar refractivity (Wildman–Crippen MR) is 54.0 cm³/mol. The van der Waals surface area contributed by atoms with Gasteiger partial charge in [0.15, 0.2) is 0 Å². The van der Waals surface area contributed by atoms with E-state index in [1.807, 2.05) is 6.92 Å². The van der Waals surface area contributed by atoms with Gasteiger partial charge in [-0.05, 0) is 13.0 Å². The van der Waals surface area contributed by atoms with Gasteiger partial charge in [-0.3, -0.25) is 9.69 Å². The molecule has 15 heavy (non-hydrogen) atoms. The smallest absolute Gasteiger partial charge is 0.352 e. The third-order valence-electron chi connectivity index (χ3n) is 2.30. The first-order valence-corrected chi connectivity index (χ1v) is 5.62. The van der Waals surface area contributed by atoms with Crippen LogP contribution in [0.5, 0.6) is 0 Å². The van der Waals surface area contributed by atoms with Gasteiger partial charge in [-0.1, -0.05) is 0 Å². The highest BCUT2D eigenvalue weighted by molar-refractivity contribution is 8.00. The van der Waals surface area contributed by atoms with Gasteiger partial charge < -0.3 is 9.84 Å². The summed E-state index contributed by atoms with van der Waals surface area (Å²) in [7, 11) is 0. The Hall–Kier alpha value is -1.01. The highest BCUT2D eigenvalue weighted by Gasteiger charge is 2.45. The second-order valence-corrected chi connectivity index (χ2v) is 4.52. The second-order valence-electron chi connectivity index (χ2n) is 3.24. The van der Waals surface area contributed by atoms with E-state index in [-0.39, 0.29) is 22.4 Å². The van der Waals surface area contributed by atoms with E-state index < -0.39 is 5.97 Å². The van der Waals surface area contributed by atoms with E-state index in [4.69, 9.17) is 9.84 Å². The summed E-state index contributed by atoms with van der Waals surface area (Å²) in [6.07, 6.45) is 1.89. The summed E-state index contributed by atoms with van der Waals surface area (Å²) in [5, 5.41) is 8.87. The van der Waals surface area contributed by atoms with Crippen LogP contribution in [0.3, 0.4) is 0 Å². The average Bonchev–Trinajstić information content (AvgIpc) is 2.15. The molecular formula is C9H11NO4S. The van der Waals surface area contributed by atoms with Crippen molar-refractivity contribution < 1.29 is 19.4 Å². The average molecular weight is 229 g/mol. The number of ether oxygens (including phenoxy) is 1. The van der Waals surface area contributed by atoms with Gasteiger partial charge in [0, 0.05) is 6.61 Å². The fourth-order valence-corrected chi connectivity index (χ4v) is 2.94. The van der Waals surface area contributed by atoms with Crippen LogP contribution in [0.1, 0.15) is 13.3 Å². The molecule has 0 aromatic carbocycles. The molecule has 0 aromatic heterocycles. The zero-order chi connectivity index (χ0) is 11.0. The number of thioether (sulfide) groups is 1. The number of carboxylic acid groups (broad SMARTS) is 1. The maximum Gasteiger partial charge on any atom is 0.352 e. The molecule has 5 nitrogen and oxygen atoms in total. The molecule has 2 aliphatic rings. The van der Waals surface area contributed by atoms with Crippen LogP contribution in [0.4, 0.5) is 0 Å². The number of fused-ring (bicyclic) bond motifs is 1. The number of hydrogen-bond acceptors (Lipinski definition) is 4. The summed E-state index contributed by atoms with van der Waals surface area (Å²) >= 11 is 1.47. The van der Waals surface area contributed by atoms with Crippen molar-refractivity contribution in [1.29, 1.82) is 0 Å². The minimum absolute atomic E-state index is 0.0495. The lowest BCUT2D eigenvalue weighted by Gasteiger charge is -2.44. The van der Waals surface area contributed by atoms with Crippen LogP contribution < -0.4 is 0 Å². The number of nitrogens with zero attached hydrogens (tertiary/aromatic N) is 1. The normalized spacial score (nSPS) is 29.3. The third-order valence-corrected chi connectivity index (χ3v) is 3.53. The molecule has 82 valence electrons. The van der Waals surface area contributed by atoms with Crippen molar-refractivity contribution in [2.24, 2.45) is 0 Å². The van der Waals surface area contributed by atoms with Crippen LogP contribution in [0.2, 0.25) is 0 Å². The molecule has 2 atom stereocenters. The van der Waals surface area contributed by atoms with E-state index in [0.717, 1.165) is 0 Å². The molecule has 0 aromatic rings. The Labute approximate surface area is 91.1 Å². The molecule has 6 heteroatoms. The van der Waals surface area contributed by atoms with E-state index in [1.54, 1.807) is 0 Å². The highest BCUT2D eigenvalue weighted by Crippen LogP contribution is 2.40. The summed E-state index contributed by atoms with van der Waals surface area (Å²) < 4.78 is 5.34. The first-order valence-electron chi connectivity index (χ1n) is 4.67.